The lowest BCUT2D eigenvalue weighted by Gasteiger charge is -2.19. The van der Waals surface area contributed by atoms with E-state index in [1.54, 1.807) is 24.4 Å². The Morgan fingerprint density at radius 1 is 1.14 bits per heavy atom. The highest BCUT2D eigenvalue weighted by atomic mass is 32.2. The number of hydrogen-bond donors (Lipinski definition) is 1. The lowest BCUT2D eigenvalue weighted by molar-refractivity contribution is -0.130. The summed E-state index contributed by atoms with van der Waals surface area (Å²) in [5.41, 5.74) is 4.04. The quantitative estimate of drug-likeness (QED) is 0.713. The first-order valence-electron chi connectivity index (χ1n) is 8.97. The SMILES string of the molecule is CC(=O)N1N=C(c2cccc(NS(C)(=O)=O)c2)C[C@@H]1c1cnc2ccccc2n1. The number of nitrogens with zero attached hydrogens (tertiary/aromatic N) is 4. The van der Waals surface area contributed by atoms with Crippen molar-refractivity contribution in [2.24, 2.45) is 5.10 Å². The number of anilines is 1. The molecule has 1 atom stereocenters. The normalized spacial score (nSPS) is 16.7. The van der Waals surface area contributed by atoms with Gasteiger partial charge in [0.15, 0.2) is 0 Å². The van der Waals surface area contributed by atoms with Crippen LogP contribution < -0.4 is 4.72 Å². The van der Waals surface area contributed by atoms with Gasteiger partial charge in [0.1, 0.15) is 6.04 Å². The summed E-state index contributed by atoms with van der Waals surface area (Å²) < 4.78 is 25.5. The Labute approximate surface area is 168 Å². The number of rotatable bonds is 4. The molecule has 0 saturated heterocycles. The Bertz CT molecular complexity index is 1240. The van der Waals surface area contributed by atoms with Crippen LogP contribution in [0.15, 0.2) is 59.8 Å². The fraction of sp³-hybridized carbons (Fsp3) is 0.200. The molecule has 0 unspecified atom stereocenters. The molecule has 1 aliphatic heterocycles. The molecule has 1 N–H and O–H groups in total. The Morgan fingerprint density at radius 2 is 1.90 bits per heavy atom. The van der Waals surface area contributed by atoms with E-state index in [0.717, 1.165) is 22.9 Å². The van der Waals surface area contributed by atoms with E-state index in [4.69, 9.17) is 0 Å². The van der Waals surface area contributed by atoms with E-state index in [1.165, 1.54) is 11.9 Å². The monoisotopic (exact) mass is 409 g/mol. The van der Waals surface area contributed by atoms with Crippen molar-refractivity contribution in [1.82, 2.24) is 15.0 Å². The molecule has 3 aromatic rings. The summed E-state index contributed by atoms with van der Waals surface area (Å²) in [6.45, 7) is 1.45. The highest BCUT2D eigenvalue weighted by Gasteiger charge is 2.32. The van der Waals surface area contributed by atoms with Crippen molar-refractivity contribution in [3.63, 3.8) is 0 Å². The van der Waals surface area contributed by atoms with Crippen LogP contribution >= 0.6 is 0 Å². The van der Waals surface area contributed by atoms with Crippen molar-refractivity contribution >= 4 is 38.4 Å². The molecular weight excluding hydrogens is 390 g/mol. The number of benzene rings is 2. The second-order valence-corrected chi connectivity index (χ2v) is 8.62. The number of aromatic nitrogens is 2. The fourth-order valence-corrected chi connectivity index (χ4v) is 3.87. The van der Waals surface area contributed by atoms with Gasteiger partial charge >= 0.3 is 0 Å². The zero-order valence-electron chi connectivity index (χ0n) is 15.9. The Balaban J connectivity index is 1.68. The third kappa shape index (κ3) is 4.09. The fourth-order valence-electron chi connectivity index (χ4n) is 3.31. The first-order chi connectivity index (χ1) is 13.8. The molecular formula is C20H19N5O3S. The van der Waals surface area contributed by atoms with Gasteiger partial charge in [-0.2, -0.15) is 5.10 Å². The molecule has 0 bridgehead atoms. The van der Waals surface area contributed by atoms with Gasteiger partial charge in [0.2, 0.25) is 15.9 Å². The van der Waals surface area contributed by atoms with Crippen LogP contribution in [0.25, 0.3) is 11.0 Å². The standard InChI is InChI=1S/C20H19N5O3S/c1-13(26)25-20(19-12-21-16-8-3-4-9-17(16)22-19)11-18(23-25)14-6-5-7-15(10-14)24-29(2,27)28/h3-10,12,20,24H,11H2,1-2H3/t20-/m1/s1. The summed E-state index contributed by atoms with van der Waals surface area (Å²) in [5.74, 6) is -0.203. The first kappa shape index (κ1) is 19.0. The van der Waals surface area contributed by atoms with E-state index in [9.17, 15) is 13.2 Å². The summed E-state index contributed by atoms with van der Waals surface area (Å²) in [4.78, 5) is 21.3. The number of sulfonamides is 1. The number of carbonyl (C=O) groups is 1. The molecule has 2 heterocycles. The van der Waals surface area contributed by atoms with Crippen LogP contribution in [-0.2, 0) is 14.8 Å². The van der Waals surface area contributed by atoms with Crippen molar-refractivity contribution in [3.05, 3.63) is 66.0 Å². The summed E-state index contributed by atoms with van der Waals surface area (Å²) in [7, 11) is -3.39. The molecule has 9 heteroatoms. The second-order valence-electron chi connectivity index (χ2n) is 6.87. The number of amides is 1. The van der Waals surface area contributed by atoms with Crippen LogP contribution in [-0.4, -0.2) is 41.3 Å². The molecule has 0 spiro atoms. The van der Waals surface area contributed by atoms with Gasteiger partial charge in [0.05, 0.1) is 34.9 Å². The van der Waals surface area contributed by atoms with Crippen molar-refractivity contribution < 1.29 is 13.2 Å². The maximum absolute atomic E-state index is 12.2. The molecule has 0 saturated carbocycles. The van der Waals surface area contributed by atoms with Crippen molar-refractivity contribution in [3.8, 4) is 0 Å². The number of fused-ring (bicyclic) bond motifs is 1. The van der Waals surface area contributed by atoms with E-state index in [2.05, 4.69) is 19.8 Å². The molecule has 4 rings (SSSR count). The average Bonchev–Trinajstić information content (AvgIpc) is 3.12. The van der Waals surface area contributed by atoms with E-state index in [-0.39, 0.29) is 11.9 Å². The van der Waals surface area contributed by atoms with Crippen molar-refractivity contribution in [2.45, 2.75) is 19.4 Å². The Hall–Kier alpha value is -3.33. The maximum Gasteiger partial charge on any atom is 0.240 e. The van der Waals surface area contributed by atoms with Crippen LogP contribution in [0.4, 0.5) is 5.69 Å². The zero-order chi connectivity index (χ0) is 20.6. The van der Waals surface area contributed by atoms with Crippen LogP contribution in [0.1, 0.15) is 30.6 Å². The van der Waals surface area contributed by atoms with Gasteiger partial charge in [-0.05, 0) is 29.8 Å². The number of carbonyl (C=O) groups excluding carboxylic acids is 1. The Kier molecular flexibility index (Phi) is 4.75. The van der Waals surface area contributed by atoms with Crippen LogP contribution in [0.5, 0.6) is 0 Å². The van der Waals surface area contributed by atoms with Gasteiger partial charge in [-0.25, -0.2) is 18.4 Å². The summed E-state index contributed by atoms with van der Waals surface area (Å²) in [6.07, 6.45) is 3.22. The molecule has 148 valence electrons. The third-order valence-corrected chi connectivity index (χ3v) is 5.15. The molecule has 29 heavy (non-hydrogen) atoms. The molecule has 8 nitrogen and oxygen atoms in total. The molecule has 1 amide bonds. The van der Waals surface area contributed by atoms with Gasteiger partial charge < -0.3 is 0 Å². The largest absolute Gasteiger partial charge is 0.284 e. The lowest BCUT2D eigenvalue weighted by atomic mass is 10.0. The van der Waals surface area contributed by atoms with Crippen molar-refractivity contribution in [1.29, 1.82) is 0 Å². The predicted molar refractivity (Wildman–Crippen MR) is 111 cm³/mol. The van der Waals surface area contributed by atoms with E-state index >= 15 is 0 Å². The van der Waals surface area contributed by atoms with Gasteiger partial charge in [-0.15, -0.1) is 0 Å². The van der Waals surface area contributed by atoms with E-state index in [0.29, 0.717) is 23.5 Å². The number of hydrogen-bond acceptors (Lipinski definition) is 6. The molecule has 1 aromatic heterocycles. The van der Waals surface area contributed by atoms with Gasteiger partial charge in [-0.1, -0.05) is 24.3 Å². The van der Waals surface area contributed by atoms with Crippen LogP contribution in [0.3, 0.4) is 0 Å². The highest BCUT2D eigenvalue weighted by molar-refractivity contribution is 7.92. The van der Waals surface area contributed by atoms with Crippen LogP contribution in [0, 0.1) is 0 Å². The molecule has 2 aromatic carbocycles. The predicted octanol–water partition coefficient (Wildman–Crippen LogP) is 2.70. The lowest BCUT2D eigenvalue weighted by Crippen LogP contribution is -2.25. The minimum absolute atomic E-state index is 0.203. The van der Waals surface area contributed by atoms with Crippen molar-refractivity contribution in [2.75, 3.05) is 11.0 Å². The average molecular weight is 409 g/mol. The molecule has 0 fully saturated rings. The number of hydrazone groups is 1. The van der Waals surface area contributed by atoms with Gasteiger partial charge in [0, 0.05) is 19.0 Å². The molecule has 1 aliphatic rings. The summed E-state index contributed by atoms with van der Waals surface area (Å²) >= 11 is 0. The summed E-state index contributed by atoms with van der Waals surface area (Å²) in [5, 5.41) is 5.90. The van der Waals surface area contributed by atoms with Gasteiger partial charge in [-0.3, -0.25) is 14.5 Å². The molecule has 0 aliphatic carbocycles. The third-order valence-electron chi connectivity index (χ3n) is 4.54. The first-order valence-corrected chi connectivity index (χ1v) is 10.9. The number of nitrogens with one attached hydrogen (secondary N) is 1. The minimum atomic E-state index is -3.39. The zero-order valence-corrected chi connectivity index (χ0v) is 16.7. The minimum Gasteiger partial charge on any atom is -0.284 e. The molecule has 0 radical (unpaired) electrons. The van der Waals surface area contributed by atoms with E-state index in [1.807, 2.05) is 30.3 Å². The second kappa shape index (κ2) is 7.25. The Morgan fingerprint density at radius 3 is 2.62 bits per heavy atom. The van der Waals surface area contributed by atoms with Gasteiger partial charge in [0.25, 0.3) is 0 Å². The van der Waals surface area contributed by atoms with E-state index < -0.39 is 10.0 Å². The summed E-state index contributed by atoms with van der Waals surface area (Å²) in [6, 6.07) is 14.1. The van der Waals surface area contributed by atoms with Crippen LogP contribution in [0.2, 0.25) is 0 Å². The maximum atomic E-state index is 12.2. The number of para-hydroxylation sites is 2. The topological polar surface area (TPSA) is 105 Å². The smallest absolute Gasteiger partial charge is 0.240 e. The highest BCUT2D eigenvalue weighted by Crippen LogP contribution is 2.32.